The summed E-state index contributed by atoms with van der Waals surface area (Å²) in [6.07, 6.45) is -0.987. The van der Waals surface area contributed by atoms with Gasteiger partial charge in [0.15, 0.2) is 0 Å². The molecule has 0 atom stereocenters. The summed E-state index contributed by atoms with van der Waals surface area (Å²) in [6, 6.07) is 5.06. The number of ether oxygens (including phenoxy) is 1. The van der Waals surface area contributed by atoms with Crippen LogP contribution >= 0.6 is 0 Å². The van der Waals surface area contributed by atoms with Gasteiger partial charge in [0.2, 0.25) is 0 Å². The average Bonchev–Trinajstić information content (AvgIpc) is 2.35. The number of hydroxylamine groups is 1. The smallest absolute Gasteiger partial charge is 0.409 e. The molecule has 0 aromatic heterocycles. The van der Waals surface area contributed by atoms with Gasteiger partial charge in [0.1, 0.15) is 5.75 Å². The zero-order chi connectivity index (χ0) is 14.5. The summed E-state index contributed by atoms with van der Waals surface area (Å²) in [5.41, 5.74) is 4.82. The molecule has 0 unspecified atom stereocenters. The van der Waals surface area contributed by atoms with Crippen molar-refractivity contribution < 1.29 is 27.9 Å². The Hall–Kier alpha value is -1.68. The van der Waals surface area contributed by atoms with Crippen LogP contribution in [0.25, 0.3) is 0 Å². The lowest BCUT2D eigenvalue weighted by molar-refractivity contribution is -0.0770. The third kappa shape index (κ3) is 4.17. The summed E-state index contributed by atoms with van der Waals surface area (Å²) >= 11 is 0. The number of benzene rings is 1. The van der Waals surface area contributed by atoms with Crippen LogP contribution in [0.2, 0.25) is 0 Å². The van der Waals surface area contributed by atoms with Crippen LogP contribution in [-0.2, 0) is 14.9 Å². The second kappa shape index (κ2) is 6.48. The first-order chi connectivity index (χ1) is 8.87. The Kier molecular flexibility index (Phi) is 5.24. The molecule has 0 saturated carbocycles. The van der Waals surface area contributed by atoms with Crippen LogP contribution < -0.4 is 10.5 Å². The van der Waals surface area contributed by atoms with Gasteiger partial charge < -0.3 is 15.6 Å². The zero-order valence-corrected chi connectivity index (χ0v) is 11.0. The van der Waals surface area contributed by atoms with Crippen LogP contribution in [0.4, 0.5) is 4.79 Å². The molecule has 9 heteroatoms. The summed E-state index contributed by atoms with van der Waals surface area (Å²) in [4.78, 5) is 15.3. The van der Waals surface area contributed by atoms with Gasteiger partial charge in [-0.05, 0) is 24.3 Å². The van der Waals surface area contributed by atoms with Gasteiger partial charge in [0, 0.05) is 7.05 Å². The van der Waals surface area contributed by atoms with E-state index in [1.54, 1.807) is 0 Å². The highest BCUT2D eigenvalue weighted by atomic mass is 32.2. The van der Waals surface area contributed by atoms with Crippen molar-refractivity contribution in [3.63, 3.8) is 0 Å². The Morgan fingerprint density at radius 3 is 2.42 bits per heavy atom. The summed E-state index contributed by atoms with van der Waals surface area (Å²) in [6.45, 7) is -0.441. The van der Waals surface area contributed by atoms with Gasteiger partial charge in [-0.2, -0.15) is 0 Å². The maximum absolute atomic E-state index is 12.0. The molecule has 0 radical (unpaired) electrons. The molecule has 0 aliphatic carbocycles. The molecule has 8 nitrogen and oxygen atoms in total. The molecule has 0 aliphatic heterocycles. The highest BCUT2D eigenvalue weighted by Gasteiger charge is 2.21. The van der Waals surface area contributed by atoms with Crippen molar-refractivity contribution >= 4 is 16.1 Å². The Labute approximate surface area is 110 Å². The normalized spacial score (nSPS) is 11.5. The Morgan fingerprint density at radius 1 is 1.37 bits per heavy atom. The van der Waals surface area contributed by atoms with Gasteiger partial charge in [0.25, 0.3) is 10.0 Å². The fraction of sp³-hybridized carbons (Fsp3) is 0.300. The minimum atomic E-state index is -3.83. The van der Waals surface area contributed by atoms with Crippen molar-refractivity contribution in [3.05, 3.63) is 24.3 Å². The molecule has 0 fully saturated rings. The SMILES string of the molecule is CN(OCCO)S(=O)(=O)c1ccc(OC(N)=O)cc1. The molecule has 0 aliphatic rings. The summed E-state index contributed by atoms with van der Waals surface area (Å²) in [5.74, 6) is 0.130. The molecule has 1 amide bonds. The van der Waals surface area contributed by atoms with Crippen LogP contribution in [0.5, 0.6) is 5.75 Å². The minimum absolute atomic E-state index is 0.0511. The van der Waals surface area contributed by atoms with Crippen LogP contribution in [0.3, 0.4) is 0 Å². The number of primary amides is 1. The molecule has 0 bridgehead atoms. The highest BCUT2D eigenvalue weighted by Crippen LogP contribution is 2.18. The average molecular weight is 290 g/mol. The molecule has 106 valence electrons. The van der Waals surface area contributed by atoms with Crippen molar-refractivity contribution in [2.24, 2.45) is 5.73 Å². The molecular weight excluding hydrogens is 276 g/mol. The lowest BCUT2D eigenvalue weighted by Gasteiger charge is -2.16. The highest BCUT2D eigenvalue weighted by molar-refractivity contribution is 7.89. The van der Waals surface area contributed by atoms with E-state index in [4.69, 9.17) is 15.7 Å². The van der Waals surface area contributed by atoms with Crippen LogP contribution in [-0.4, -0.2) is 44.3 Å². The number of rotatable bonds is 6. The number of aliphatic hydroxyl groups excluding tert-OH is 1. The van der Waals surface area contributed by atoms with Crippen molar-refractivity contribution in [2.45, 2.75) is 4.90 Å². The molecule has 1 aromatic rings. The predicted octanol–water partition coefficient (Wildman–Crippen LogP) is -0.312. The molecule has 0 spiro atoms. The van der Waals surface area contributed by atoms with Crippen LogP contribution in [0.15, 0.2) is 29.2 Å². The van der Waals surface area contributed by atoms with Gasteiger partial charge in [-0.3, -0.25) is 4.84 Å². The Bertz CT molecular complexity index is 527. The van der Waals surface area contributed by atoms with Crippen LogP contribution in [0, 0.1) is 0 Å². The molecular formula is C10H14N2O6S. The van der Waals surface area contributed by atoms with E-state index in [0.717, 1.165) is 0 Å². The summed E-state index contributed by atoms with van der Waals surface area (Å²) in [5, 5.41) is 8.56. The van der Waals surface area contributed by atoms with Gasteiger partial charge in [0.05, 0.1) is 18.1 Å². The number of hydrogen-bond donors (Lipinski definition) is 2. The topological polar surface area (TPSA) is 119 Å². The Morgan fingerprint density at radius 2 is 1.95 bits per heavy atom. The fourth-order valence-electron chi connectivity index (χ4n) is 1.18. The quantitative estimate of drug-likeness (QED) is 0.693. The number of amides is 1. The maximum Gasteiger partial charge on any atom is 0.409 e. The van der Waals surface area contributed by atoms with E-state index in [1.165, 1.54) is 31.3 Å². The predicted molar refractivity (Wildman–Crippen MR) is 64.6 cm³/mol. The first-order valence-electron chi connectivity index (χ1n) is 5.18. The Balaban J connectivity index is 2.87. The zero-order valence-electron chi connectivity index (χ0n) is 10.1. The number of aliphatic hydroxyl groups is 1. The van der Waals surface area contributed by atoms with Gasteiger partial charge in [-0.1, -0.05) is 4.47 Å². The van der Waals surface area contributed by atoms with E-state index in [9.17, 15) is 13.2 Å². The number of nitrogens with zero attached hydrogens (tertiary/aromatic N) is 1. The largest absolute Gasteiger partial charge is 0.411 e. The number of carbonyl (C=O) groups is 1. The van der Waals surface area contributed by atoms with Gasteiger partial charge >= 0.3 is 6.09 Å². The molecule has 0 saturated heterocycles. The third-order valence-electron chi connectivity index (χ3n) is 2.04. The second-order valence-corrected chi connectivity index (χ2v) is 5.30. The summed E-state index contributed by atoms with van der Waals surface area (Å²) < 4.78 is 29.1. The standard InChI is InChI=1S/C10H14N2O6S/c1-12(17-7-6-13)19(15,16)9-4-2-8(3-5-9)18-10(11)14/h2-5,13H,6-7H2,1H3,(H2,11,14). The van der Waals surface area contributed by atoms with Crippen molar-refractivity contribution in [1.82, 2.24) is 4.47 Å². The van der Waals surface area contributed by atoms with E-state index in [1.807, 2.05) is 0 Å². The molecule has 0 heterocycles. The lowest BCUT2D eigenvalue weighted by atomic mass is 10.3. The number of sulfonamides is 1. The molecule has 19 heavy (non-hydrogen) atoms. The number of carbonyl (C=O) groups excluding carboxylic acids is 1. The second-order valence-electron chi connectivity index (χ2n) is 3.36. The van der Waals surface area contributed by atoms with E-state index in [2.05, 4.69) is 4.74 Å². The van der Waals surface area contributed by atoms with Crippen LogP contribution in [0.1, 0.15) is 0 Å². The van der Waals surface area contributed by atoms with E-state index in [0.29, 0.717) is 4.47 Å². The first kappa shape index (κ1) is 15.4. The molecule has 3 N–H and O–H groups in total. The van der Waals surface area contributed by atoms with E-state index in [-0.39, 0.29) is 23.9 Å². The van der Waals surface area contributed by atoms with Gasteiger partial charge in [-0.25, -0.2) is 13.2 Å². The van der Waals surface area contributed by atoms with Crippen molar-refractivity contribution in [3.8, 4) is 5.75 Å². The monoisotopic (exact) mass is 290 g/mol. The minimum Gasteiger partial charge on any atom is -0.411 e. The summed E-state index contributed by atoms with van der Waals surface area (Å²) in [7, 11) is -2.62. The first-order valence-corrected chi connectivity index (χ1v) is 6.62. The third-order valence-corrected chi connectivity index (χ3v) is 3.69. The van der Waals surface area contributed by atoms with Gasteiger partial charge in [-0.15, -0.1) is 0 Å². The lowest BCUT2D eigenvalue weighted by Crippen LogP contribution is -2.28. The fourth-order valence-corrected chi connectivity index (χ4v) is 2.17. The maximum atomic E-state index is 12.0. The van der Waals surface area contributed by atoms with Crippen molar-refractivity contribution in [2.75, 3.05) is 20.3 Å². The van der Waals surface area contributed by atoms with Crippen molar-refractivity contribution in [1.29, 1.82) is 0 Å². The number of hydrogen-bond acceptors (Lipinski definition) is 6. The molecule has 1 rings (SSSR count). The number of nitrogens with two attached hydrogens (primary N) is 1. The van der Waals surface area contributed by atoms with E-state index < -0.39 is 16.1 Å². The van der Waals surface area contributed by atoms with E-state index >= 15 is 0 Å². The molecule has 1 aromatic carbocycles.